The standard InChI is InChI=1S/C8H12N4O2/c1-4-11-8(14-12-4)6-3-10-2-5(6)7(9)13/h5-6,10H,2-3H2,1H3,(H2,9,13)/t5-,6-/m0/s1. The average Bonchev–Trinajstić information content (AvgIpc) is 2.70. The minimum absolute atomic E-state index is 0.0753. The second-order valence-corrected chi connectivity index (χ2v) is 3.45. The number of nitrogens with two attached hydrogens (primary N) is 1. The highest BCUT2D eigenvalue weighted by atomic mass is 16.5. The normalized spacial score (nSPS) is 26.6. The highest BCUT2D eigenvalue weighted by molar-refractivity contribution is 5.78. The molecule has 1 aromatic rings. The van der Waals surface area contributed by atoms with Crippen molar-refractivity contribution < 1.29 is 9.32 Å². The van der Waals surface area contributed by atoms with Gasteiger partial charge in [0.2, 0.25) is 11.8 Å². The first kappa shape index (κ1) is 9.14. The van der Waals surface area contributed by atoms with Gasteiger partial charge in [-0.1, -0.05) is 5.16 Å². The van der Waals surface area contributed by atoms with Crippen molar-refractivity contribution in [1.82, 2.24) is 15.5 Å². The Morgan fingerprint density at radius 3 is 3.00 bits per heavy atom. The fourth-order valence-corrected chi connectivity index (χ4v) is 1.70. The molecule has 0 aliphatic carbocycles. The summed E-state index contributed by atoms with van der Waals surface area (Å²) >= 11 is 0. The van der Waals surface area contributed by atoms with Gasteiger partial charge in [0, 0.05) is 13.1 Å². The number of rotatable bonds is 2. The molecule has 1 aliphatic rings. The molecule has 3 N–H and O–H groups in total. The first-order valence-corrected chi connectivity index (χ1v) is 4.48. The Morgan fingerprint density at radius 1 is 1.64 bits per heavy atom. The maximum atomic E-state index is 11.1. The van der Waals surface area contributed by atoms with Crippen molar-refractivity contribution in [2.24, 2.45) is 11.7 Å². The van der Waals surface area contributed by atoms with Crippen molar-refractivity contribution in [2.45, 2.75) is 12.8 Å². The molecule has 0 aromatic carbocycles. The summed E-state index contributed by atoms with van der Waals surface area (Å²) in [6, 6.07) is 0. The van der Waals surface area contributed by atoms with E-state index in [2.05, 4.69) is 15.5 Å². The zero-order valence-corrected chi connectivity index (χ0v) is 7.86. The lowest BCUT2D eigenvalue weighted by Gasteiger charge is -2.09. The smallest absolute Gasteiger partial charge is 0.231 e. The minimum atomic E-state index is -0.323. The highest BCUT2D eigenvalue weighted by Crippen LogP contribution is 2.26. The Labute approximate surface area is 80.9 Å². The van der Waals surface area contributed by atoms with Gasteiger partial charge in [0.1, 0.15) is 0 Å². The molecule has 1 aliphatic heterocycles. The molecule has 14 heavy (non-hydrogen) atoms. The second kappa shape index (κ2) is 3.38. The third-order valence-corrected chi connectivity index (χ3v) is 2.44. The molecule has 2 atom stereocenters. The van der Waals surface area contributed by atoms with Crippen molar-refractivity contribution >= 4 is 5.91 Å². The van der Waals surface area contributed by atoms with Crippen LogP contribution in [0.2, 0.25) is 0 Å². The SMILES string of the molecule is Cc1noc([C@H]2CNC[C@@H]2C(N)=O)n1. The molecule has 6 nitrogen and oxygen atoms in total. The van der Waals surface area contributed by atoms with Crippen LogP contribution in [0.25, 0.3) is 0 Å². The molecule has 76 valence electrons. The number of aromatic nitrogens is 2. The number of nitrogens with zero attached hydrogens (tertiary/aromatic N) is 2. The maximum absolute atomic E-state index is 11.1. The summed E-state index contributed by atoms with van der Waals surface area (Å²) in [7, 11) is 0. The van der Waals surface area contributed by atoms with Gasteiger partial charge < -0.3 is 15.6 Å². The number of primary amides is 1. The molecule has 2 heterocycles. The van der Waals surface area contributed by atoms with Crippen LogP contribution >= 0.6 is 0 Å². The summed E-state index contributed by atoms with van der Waals surface area (Å²) in [4.78, 5) is 15.2. The fraction of sp³-hybridized carbons (Fsp3) is 0.625. The summed E-state index contributed by atoms with van der Waals surface area (Å²) in [6.07, 6.45) is 0. The van der Waals surface area contributed by atoms with Gasteiger partial charge in [-0.25, -0.2) is 0 Å². The van der Waals surface area contributed by atoms with Crippen LogP contribution in [0.3, 0.4) is 0 Å². The first-order valence-electron chi connectivity index (χ1n) is 4.48. The lowest BCUT2D eigenvalue weighted by atomic mass is 9.95. The van der Waals surface area contributed by atoms with Gasteiger partial charge in [0.25, 0.3) is 0 Å². The van der Waals surface area contributed by atoms with E-state index in [-0.39, 0.29) is 17.7 Å². The lowest BCUT2D eigenvalue weighted by molar-refractivity contribution is -0.121. The molecule has 2 rings (SSSR count). The van der Waals surface area contributed by atoms with Crippen molar-refractivity contribution in [3.8, 4) is 0 Å². The number of hydrogen-bond donors (Lipinski definition) is 2. The van der Waals surface area contributed by atoms with Crippen LogP contribution in [-0.2, 0) is 4.79 Å². The van der Waals surface area contributed by atoms with Crippen LogP contribution in [0.1, 0.15) is 17.6 Å². The summed E-state index contributed by atoms with van der Waals surface area (Å²) < 4.78 is 5.02. The maximum Gasteiger partial charge on any atom is 0.231 e. The first-order chi connectivity index (χ1) is 6.68. The monoisotopic (exact) mass is 196 g/mol. The Morgan fingerprint density at radius 2 is 2.43 bits per heavy atom. The van der Waals surface area contributed by atoms with E-state index in [0.717, 1.165) is 0 Å². The van der Waals surface area contributed by atoms with Gasteiger partial charge in [-0.15, -0.1) is 0 Å². The van der Waals surface area contributed by atoms with Crippen molar-refractivity contribution in [3.63, 3.8) is 0 Å². The number of aryl methyl sites for hydroxylation is 1. The summed E-state index contributed by atoms with van der Waals surface area (Å²) in [6.45, 7) is 2.99. The molecule has 1 amide bonds. The second-order valence-electron chi connectivity index (χ2n) is 3.45. The van der Waals surface area contributed by atoms with Gasteiger partial charge in [-0.05, 0) is 6.92 Å². The van der Waals surface area contributed by atoms with E-state index in [9.17, 15) is 4.79 Å². The number of hydrogen-bond acceptors (Lipinski definition) is 5. The molecular weight excluding hydrogens is 184 g/mol. The van der Waals surface area contributed by atoms with Crippen LogP contribution in [0.5, 0.6) is 0 Å². The van der Waals surface area contributed by atoms with Crippen molar-refractivity contribution in [3.05, 3.63) is 11.7 Å². The number of amides is 1. The van der Waals surface area contributed by atoms with Crippen molar-refractivity contribution in [1.29, 1.82) is 0 Å². The highest BCUT2D eigenvalue weighted by Gasteiger charge is 2.36. The van der Waals surface area contributed by atoms with Crippen LogP contribution < -0.4 is 11.1 Å². The molecule has 6 heteroatoms. The third kappa shape index (κ3) is 1.48. The Balaban J connectivity index is 2.21. The molecule has 0 radical (unpaired) electrons. The molecule has 0 saturated carbocycles. The van der Waals surface area contributed by atoms with E-state index in [1.165, 1.54) is 0 Å². The van der Waals surface area contributed by atoms with Gasteiger partial charge in [-0.2, -0.15) is 4.98 Å². The summed E-state index contributed by atoms with van der Waals surface area (Å²) in [5, 5.41) is 6.77. The van der Waals surface area contributed by atoms with Gasteiger partial charge in [0.05, 0.1) is 11.8 Å². The minimum Gasteiger partial charge on any atom is -0.369 e. The fourth-order valence-electron chi connectivity index (χ4n) is 1.70. The van der Waals surface area contributed by atoms with E-state index in [1.807, 2.05) is 0 Å². The lowest BCUT2D eigenvalue weighted by Crippen LogP contribution is -2.28. The van der Waals surface area contributed by atoms with Gasteiger partial charge >= 0.3 is 0 Å². The number of nitrogens with one attached hydrogen (secondary N) is 1. The Hall–Kier alpha value is -1.43. The van der Waals surface area contributed by atoms with E-state index in [1.54, 1.807) is 6.92 Å². The Bertz CT molecular complexity index is 349. The Kier molecular flexibility index (Phi) is 2.20. The molecule has 1 fully saturated rings. The van der Waals surface area contributed by atoms with E-state index in [4.69, 9.17) is 10.3 Å². The van der Waals surface area contributed by atoms with Crippen LogP contribution in [0, 0.1) is 12.8 Å². The molecule has 0 unspecified atom stereocenters. The molecule has 1 aromatic heterocycles. The zero-order valence-electron chi connectivity index (χ0n) is 7.86. The van der Waals surface area contributed by atoms with E-state index >= 15 is 0 Å². The van der Waals surface area contributed by atoms with Crippen LogP contribution in [-0.4, -0.2) is 29.1 Å². The zero-order chi connectivity index (χ0) is 10.1. The van der Waals surface area contributed by atoms with Gasteiger partial charge in [0.15, 0.2) is 5.82 Å². The van der Waals surface area contributed by atoms with E-state index in [0.29, 0.717) is 24.8 Å². The number of carbonyl (C=O) groups excluding carboxylic acids is 1. The molecular formula is C8H12N4O2. The summed E-state index contributed by atoms with van der Waals surface area (Å²) in [5.74, 6) is 0.436. The van der Waals surface area contributed by atoms with Gasteiger partial charge in [-0.3, -0.25) is 4.79 Å². The van der Waals surface area contributed by atoms with Crippen LogP contribution in [0.4, 0.5) is 0 Å². The molecule has 0 bridgehead atoms. The third-order valence-electron chi connectivity index (χ3n) is 2.44. The van der Waals surface area contributed by atoms with E-state index < -0.39 is 0 Å². The largest absolute Gasteiger partial charge is 0.369 e. The topological polar surface area (TPSA) is 94.0 Å². The molecule has 1 saturated heterocycles. The van der Waals surface area contributed by atoms with Crippen molar-refractivity contribution in [2.75, 3.05) is 13.1 Å². The van der Waals surface area contributed by atoms with Crippen LogP contribution in [0.15, 0.2) is 4.52 Å². The number of carbonyl (C=O) groups is 1. The predicted octanol–water partition coefficient (Wildman–Crippen LogP) is -0.834. The summed E-state index contributed by atoms with van der Waals surface area (Å²) in [5.41, 5.74) is 5.26. The quantitative estimate of drug-likeness (QED) is 0.643. The average molecular weight is 196 g/mol. The molecule has 0 spiro atoms. The predicted molar refractivity (Wildman–Crippen MR) is 47.3 cm³/mol.